The van der Waals surface area contributed by atoms with Gasteiger partial charge in [0.25, 0.3) is 0 Å². The molecular formula is C21H27N3O3. The molecule has 1 saturated heterocycles. The summed E-state index contributed by atoms with van der Waals surface area (Å²) < 4.78 is 10.7. The number of carbonyl (C=O) groups is 1. The quantitative estimate of drug-likeness (QED) is 0.781. The van der Waals surface area contributed by atoms with E-state index in [0.29, 0.717) is 18.3 Å². The highest BCUT2D eigenvalue weighted by Gasteiger charge is 2.30. The van der Waals surface area contributed by atoms with Crippen molar-refractivity contribution >= 4 is 5.91 Å². The molecule has 4 rings (SSSR count). The molecule has 6 heteroatoms. The second kappa shape index (κ2) is 7.71. The first-order chi connectivity index (χ1) is 13.1. The fourth-order valence-corrected chi connectivity index (χ4v) is 3.90. The maximum atomic E-state index is 12.8. The molecule has 2 heterocycles. The summed E-state index contributed by atoms with van der Waals surface area (Å²) in [7, 11) is 1.66. The zero-order chi connectivity index (χ0) is 18.8. The van der Waals surface area contributed by atoms with Crippen LogP contribution in [0.2, 0.25) is 0 Å². The largest absolute Gasteiger partial charge is 0.496 e. The number of carbonyl (C=O) groups excluding carboxylic acids is 1. The van der Waals surface area contributed by atoms with Gasteiger partial charge in [0.2, 0.25) is 11.8 Å². The zero-order valence-electron chi connectivity index (χ0n) is 16.1. The number of benzene rings is 1. The van der Waals surface area contributed by atoms with E-state index in [4.69, 9.17) is 9.26 Å². The van der Waals surface area contributed by atoms with Crippen LogP contribution in [0.4, 0.5) is 0 Å². The lowest BCUT2D eigenvalue weighted by atomic mass is 9.94. The summed E-state index contributed by atoms with van der Waals surface area (Å²) >= 11 is 0. The van der Waals surface area contributed by atoms with Gasteiger partial charge in [-0.1, -0.05) is 17.3 Å². The molecule has 0 spiro atoms. The lowest BCUT2D eigenvalue weighted by molar-refractivity contribution is -0.132. The highest BCUT2D eigenvalue weighted by molar-refractivity contribution is 5.79. The number of nitrogens with zero attached hydrogens (tertiary/aromatic N) is 3. The third kappa shape index (κ3) is 4.31. The molecule has 1 aromatic carbocycles. The molecule has 6 nitrogen and oxygen atoms in total. The Morgan fingerprint density at radius 1 is 1.33 bits per heavy atom. The lowest BCUT2D eigenvalue weighted by Gasteiger charge is -2.32. The van der Waals surface area contributed by atoms with Crippen molar-refractivity contribution in [2.45, 2.75) is 51.4 Å². The summed E-state index contributed by atoms with van der Waals surface area (Å²) in [6.07, 6.45) is 5.69. The van der Waals surface area contributed by atoms with Crippen molar-refractivity contribution in [3.8, 4) is 5.75 Å². The molecule has 1 saturated carbocycles. The van der Waals surface area contributed by atoms with Gasteiger partial charge in [-0.2, -0.15) is 4.98 Å². The Morgan fingerprint density at radius 3 is 2.93 bits per heavy atom. The van der Waals surface area contributed by atoms with Gasteiger partial charge in [-0.25, -0.2) is 0 Å². The van der Waals surface area contributed by atoms with Gasteiger partial charge in [0.15, 0.2) is 5.82 Å². The van der Waals surface area contributed by atoms with Crippen molar-refractivity contribution in [3.63, 3.8) is 0 Å². The van der Waals surface area contributed by atoms with Crippen molar-refractivity contribution < 1.29 is 14.1 Å². The number of aryl methyl sites for hydroxylation is 1. The zero-order valence-corrected chi connectivity index (χ0v) is 16.1. The molecule has 1 amide bonds. The standard InChI is InChI=1S/C21H27N3O3/c1-14-10-15(5-8-18(14)26-2)12-20(25)24-9-3-4-16(13-24)11-19-22-21(23-27-19)17-6-7-17/h5,8,10,16-17H,3-4,6-7,9,11-13H2,1-2H3. The first kappa shape index (κ1) is 18.0. The minimum Gasteiger partial charge on any atom is -0.496 e. The molecule has 1 aliphatic heterocycles. The summed E-state index contributed by atoms with van der Waals surface area (Å²) in [6, 6.07) is 5.95. The summed E-state index contributed by atoms with van der Waals surface area (Å²) in [5, 5.41) is 4.10. The predicted octanol–water partition coefficient (Wildman–Crippen LogP) is 3.29. The van der Waals surface area contributed by atoms with E-state index >= 15 is 0 Å². The number of amides is 1. The van der Waals surface area contributed by atoms with Crippen molar-refractivity contribution in [3.05, 3.63) is 41.0 Å². The van der Waals surface area contributed by atoms with Gasteiger partial charge in [-0.05, 0) is 55.7 Å². The molecule has 1 unspecified atom stereocenters. The van der Waals surface area contributed by atoms with Gasteiger partial charge in [-0.15, -0.1) is 0 Å². The molecular weight excluding hydrogens is 342 g/mol. The molecule has 27 heavy (non-hydrogen) atoms. The first-order valence-corrected chi connectivity index (χ1v) is 9.86. The van der Waals surface area contributed by atoms with Crippen LogP contribution in [0.25, 0.3) is 0 Å². The monoisotopic (exact) mass is 369 g/mol. The van der Waals surface area contributed by atoms with Gasteiger partial charge in [0, 0.05) is 25.4 Å². The van der Waals surface area contributed by atoms with Gasteiger partial charge >= 0.3 is 0 Å². The number of methoxy groups -OCH3 is 1. The van der Waals surface area contributed by atoms with Crippen LogP contribution in [0.15, 0.2) is 22.7 Å². The fourth-order valence-electron chi connectivity index (χ4n) is 3.90. The lowest BCUT2D eigenvalue weighted by Crippen LogP contribution is -2.41. The second-order valence-electron chi connectivity index (χ2n) is 7.85. The molecule has 0 N–H and O–H groups in total. The van der Waals surface area contributed by atoms with Crippen LogP contribution in [0.1, 0.15) is 54.4 Å². The molecule has 0 bridgehead atoms. The van der Waals surface area contributed by atoms with E-state index in [1.165, 1.54) is 12.8 Å². The first-order valence-electron chi connectivity index (χ1n) is 9.86. The average Bonchev–Trinajstić information content (AvgIpc) is 3.42. The van der Waals surface area contributed by atoms with Crippen molar-refractivity contribution in [2.75, 3.05) is 20.2 Å². The van der Waals surface area contributed by atoms with E-state index in [-0.39, 0.29) is 5.91 Å². The van der Waals surface area contributed by atoms with Gasteiger partial charge < -0.3 is 14.2 Å². The molecule has 0 radical (unpaired) electrons. The third-order valence-electron chi connectivity index (χ3n) is 5.58. The average molecular weight is 369 g/mol. The maximum absolute atomic E-state index is 12.8. The van der Waals surface area contributed by atoms with E-state index in [2.05, 4.69) is 10.1 Å². The van der Waals surface area contributed by atoms with Gasteiger partial charge in [-0.3, -0.25) is 4.79 Å². The van der Waals surface area contributed by atoms with Crippen LogP contribution in [0.5, 0.6) is 5.75 Å². The molecule has 2 aromatic rings. The molecule has 2 aliphatic rings. The number of ether oxygens (including phenoxy) is 1. The Bertz CT molecular complexity index is 813. The van der Waals surface area contributed by atoms with Crippen molar-refractivity contribution in [1.29, 1.82) is 0 Å². The Kier molecular flexibility index (Phi) is 5.14. The summed E-state index contributed by atoms with van der Waals surface area (Å²) in [4.78, 5) is 19.3. The molecule has 2 fully saturated rings. The minimum atomic E-state index is 0.188. The van der Waals surface area contributed by atoms with Crippen LogP contribution in [-0.4, -0.2) is 41.1 Å². The Balaban J connectivity index is 1.34. The maximum Gasteiger partial charge on any atom is 0.226 e. The SMILES string of the molecule is COc1ccc(CC(=O)N2CCCC(Cc3nc(C4CC4)no3)C2)cc1C. The van der Waals surface area contributed by atoms with Crippen molar-refractivity contribution in [1.82, 2.24) is 15.0 Å². The highest BCUT2D eigenvalue weighted by Crippen LogP contribution is 2.38. The van der Waals surface area contributed by atoms with Crippen molar-refractivity contribution in [2.24, 2.45) is 5.92 Å². The van der Waals surface area contributed by atoms with Crippen LogP contribution in [-0.2, 0) is 17.6 Å². The number of rotatable bonds is 6. The summed E-state index contributed by atoms with van der Waals surface area (Å²) in [5.41, 5.74) is 2.09. The Hall–Kier alpha value is -2.37. The summed E-state index contributed by atoms with van der Waals surface area (Å²) in [5.74, 6) is 3.54. The second-order valence-corrected chi connectivity index (χ2v) is 7.85. The van der Waals surface area contributed by atoms with Gasteiger partial charge in [0.1, 0.15) is 5.75 Å². The molecule has 144 valence electrons. The summed E-state index contributed by atoms with van der Waals surface area (Å²) in [6.45, 7) is 3.61. The number of aromatic nitrogens is 2. The normalized spacial score (nSPS) is 19.9. The van der Waals surface area contributed by atoms with Crippen LogP contribution >= 0.6 is 0 Å². The smallest absolute Gasteiger partial charge is 0.226 e. The number of hydrogen-bond acceptors (Lipinski definition) is 5. The van der Waals surface area contributed by atoms with Crippen LogP contribution < -0.4 is 4.74 Å². The Labute approximate surface area is 159 Å². The molecule has 1 atom stereocenters. The van der Waals surface area contributed by atoms with Crippen LogP contribution in [0, 0.1) is 12.8 Å². The van der Waals surface area contributed by atoms with Gasteiger partial charge in [0.05, 0.1) is 13.5 Å². The predicted molar refractivity (Wildman–Crippen MR) is 101 cm³/mol. The minimum absolute atomic E-state index is 0.188. The van der Waals surface area contributed by atoms with E-state index in [1.54, 1.807) is 7.11 Å². The third-order valence-corrected chi connectivity index (χ3v) is 5.58. The topological polar surface area (TPSA) is 68.5 Å². The number of piperidine rings is 1. The highest BCUT2D eigenvalue weighted by atomic mass is 16.5. The van der Waals surface area contributed by atoms with E-state index in [0.717, 1.165) is 60.9 Å². The molecule has 1 aromatic heterocycles. The van der Waals surface area contributed by atoms with E-state index in [1.807, 2.05) is 30.0 Å². The molecule has 1 aliphatic carbocycles. The number of hydrogen-bond donors (Lipinski definition) is 0. The Morgan fingerprint density at radius 2 is 2.19 bits per heavy atom. The number of likely N-dealkylation sites (tertiary alicyclic amines) is 1. The van der Waals surface area contributed by atoms with E-state index < -0.39 is 0 Å². The van der Waals surface area contributed by atoms with Crippen LogP contribution in [0.3, 0.4) is 0 Å². The van der Waals surface area contributed by atoms with E-state index in [9.17, 15) is 4.79 Å². The fraction of sp³-hybridized carbons (Fsp3) is 0.571.